The van der Waals surface area contributed by atoms with E-state index in [1.807, 2.05) is 43.0 Å². The maximum absolute atomic E-state index is 12.8. The first-order valence-corrected chi connectivity index (χ1v) is 10.1. The van der Waals surface area contributed by atoms with E-state index in [-0.39, 0.29) is 18.0 Å². The summed E-state index contributed by atoms with van der Waals surface area (Å²) in [7, 11) is 0. The predicted octanol–water partition coefficient (Wildman–Crippen LogP) is 3.27. The molecule has 2 fully saturated rings. The molecule has 3 amide bonds. The van der Waals surface area contributed by atoms with Gasteiger partial charge in [0.15, 0.2) is 0 Å². The molecule has 6 nitrogen and oxygen atoms in total. The minimum absolute atomic E-state index is 0.0218. The van der Waals surface area contributed by atoms with Crippen LogP contribution in [0, 0.1) is 0 Å². The summed E-state index contributed by atoms with van der Waals surface area (Å²) in [5.41, 5.74) is 0.675. The van der Waals surface area contributed by atoms with Crippen LogP contribution in [0.25, 0.3) is 0 Å². The van der Waals surface area contributed by atoms with Gasteiger partial charge in [0.1, 0.15) is 5.75 Å². The van der Waals surface area contributed by atoms with Gasteiger partial charge in [-0.15, -0.1) is 0 Å². The Kier molecular flexibility index (Phi) is 6.58. The Morgan fingerprint density at radius 2 is 1.59 bits per heavy atom. The summed E-state index contributed by atoms with van der Waals surface area (Å²) in [4.78, 5) is 28.7. The SMILES string of the molecule is CC(C)NC(=O)N1CCCN(C(=O)c2ccc(OC3CCCC3)cc2)CC1. The molecular weight excluding hydrogens is 342 g/mol. The molecule has 0 aromatic heterocycles. The van der Waals surface area contributed by atoms with E-state index in [2.05, 4.69) is 5.32 Å². The van der Waals surface area contributed by atoms with Crippen molar-refractivity contribution in [3.8, 4) is 5.75 Å². The molecule has 3 rings (SSSR count). The first-order valence-electron chi connectivity index (χ1n) is 10.1. The van der Waals surface area contributed by atoms with E-state index >= 15 is 0 Å². The molecule has 0 bridgehead atoms. The van der Waals surface area contributed by atoms with Gasteiger partial charge in [0.25, 0.3) is 5.91 Å². The molecule has 2 aliphatic rings. The zero-order valence-electron chi connectivity index (χ0n) is 16.4. The molecule has 148 valence electrons. The summed E-state index contributed by atoms with van der Waals surface area (Å²) in [6, 6.07) is 7.55. The number of hydrogen-bond acceptors (Lipinski definition) is 3. The van der Waals surface area contributed by atoms with E-state index in [1.54, 1.807) is 4.90 Å². The van der Waals surface area contributed by atoms with Crippen molar-refractivity contribution >= 4 is 11.9 Å². The molecule has 1 N–H and O–H groups in total. The second kappa shape index (κ2) is 9.11. The van der Waals surface area contributed by atoms with E-state index in [0.717, 1.165) is 25.0 Å². The Morgan fingerprint density at radius 3 is 2.26 bits per heavy atom. The summed E-state index contributed by atoms with van der Waals surface area (Å²) >= 11 is 0. The van der Waals surface area contributed by atoms with Gasteiger partial charge in [0.05, 0.1) is 6.10 Å². The molecule has 1 aromatic carbocycles. The number of hydrogen-bond donors (Lipinski definition) is 1. The Balaban J connectivity index is 1.54. The van der Waals surface area contributed by atoms with Gasteiger partial charge in [0.2, 0.25) is 0 Å². The van der Waals surface area contributed by atoms with Gasteiger partial charge in [-0.05, 0) is 70.2 Å². The Morgan fingerprint density at radius 1 is 0.963 bits per heavy atom. The number of benzene rings is 1. The standard InChI is InChI=1S/C21H31N3O3/c1-16(2)22-21(26)24-13-5-12-23(14-15-24)20(25)17-8-10-19(11-9-17)27-18-6-3-4-7-18/h8-11,16,18H,3-7,12-15H2,1-2H3,(H,22,26). The fourth-order valence-electron chi connectivity index (χ4n) is 3.72. The van der Waals surface area contributed by atoms with Crippen LogP contribution in [0.4, 0.5) is 4.79 Å². The number of urea groups is 1. The van der Waals surface area contributed by atoms with Crippen LogP contribution in [0.5, 0.6) is 5.75 Å². The van der Waals surface area contributed by atoms with Gasteiger partial charge >= 0.3 is 6.03 Å². The smallest absolute Gasteiger partial charge is 0.317 e. The maximum atomic E-state index is 12.8. The van der Waals surface area contributed by atoms with Crippen LogP contribution in [0.15, 0.2) is 24.3 Å². The number of nitrogens with zero attached hydrogens (tertiary/aromatic N) is 2. The molecule has 1 aromatic rings. The topological polar surface area (TPSA) is 61.9 Å². The molecule has 0 atom stereocenters. The van der Waals surface area contributed by atoms with Crippen LogP contribution in [0.2, 0.25) is 0 Å². The molecule has 27 heavy (non-hydrogen) atoms. The first-order chi connectivity index (χ1) is 13.0. The number of rotatable bonds is 4. The van der Waals surface area contributed by atoms with Crippen LogP contribution in [-0.2, 0) is 0 Å². The lowest BCUT2D eigenvalue weighted by Gasteiger charge is -2.23. The predicted molar refractivity (Wildman–Crippen MR) is 105 cm³/mol. The van der Waals surface area contributed by atoms with Crippen molar-refractivity contribution in [2.75, 3.05) is 26.2 Å². The maximum Gasteiger partial charge on any atom is 0.317 e. The van der Waals surface area contributed by atoms with Gasteiger partial charge < -0.3 is 19.9 Å². The minimum atomic E-state index is -0.0484. The molecule has 0 unspecified atom stereocenters. The number of ether oxygens (including phenoxy) is 1. The van der Waals surface area contributed by atoms with Crippen molar-refractivity contribution < 1.29 is 14.3 Å². The average molecular weight is 373 g/mol. The molecule has 0 radical (unpaired) electrons. The van der Waals surface area contributed by atoms with E-state index in [1.165, 1.54) is 12.8 Å². The Hall–Kier alpha value is -2.24. The lowest BCUT2D eigenvalue weighted by atomic mass is 10.2. The van der Waals surface area contributed by atoms with Gasteiger partial charge in [-0.3, -0.25) is 4.79 Å². The third-order valence-electron chi connectivity index (χ3n) is 5.19. The molecule has 0 spiro atoms. The lowest BCUT2D eigenvalue weighted by molar-refractivity contribution is 0.0762. The summed E-state index contributed by atoms with van der Waals surface area (Å²) < 4.78 is 5.97. The van der Waals surface area contributed by atoms with Gasteiger partial charge in [-0.2, -0.15) is 0 Å². The van der Waals surface area contributed by atoms with Crippen LogP contribution >= 0.6 is 0 Å². The number of carbonyl (C=O) groups is 2. The van der Waals surface area contributed by atoms with E-state index < -0.39 is 0 Å². The molecule has 6 heteroatoms. The molecule has 1 saturated heterocycles. The highest BCUT2D eigenvalue weighted by Gasteiger charge is 2.23. The Bertz CT molecular complexity index is 639. The second-order valence-electron chi connectivity index (χ2n) is 7.79. The molecular formula is C21H31N3O3. The molecule has 1 saturated carbocycles. The summed E-state index contributed by atoms with van der Waals surface area (Å²) in [5.74, 6) is 0.861. The van der Waals surface area contributed by atoms with Crippen molar-refractivity contribution in [1.82, 2.24) is 15.1 Å². The number of amides is 3. The van der Waals surface area contributed by atoms with E-state index in [4.69, 9.17) is 4.74 Å². The van der Waals surface area contributed by atoms with Crippen LogP contribution in [-0.4, -0.2) is 60.1 Å². The monoisotopic (exact) mass is 373 g/mol. The van der Waals surface area contributed by atoms with Crippen molar-refractivity contribution in [3.05, 3.63) is 29.8 Å². The third kappa shape index (κ3) is 5.37. The minimum Gasteiger partial charge on any atom is -0.490 e. The highest BCUT2D eigenvalue weighted by Crippen LogP contribution is 2.24. The summed E-state index contributed by atoms with van der Waals surface area (Å²) in [6.07, 6.45) is 5.83. The fraction of sp³-hybridized carbons (Fsp3) is 0.619. The van der Waals surface area contributed by atoms with E-state index in [9.17, 15) is 9.59 Å². The lowest BCUT2D eigenvalue weighted by Crippen LogP contribution is -2.44. The largest absolute Gasteiger partial charge is 0.490 e. The third-order valence-corrected chi connectivity index (χ3v) is 5.19. The zero-order valence-corrected chi connectivity index (χ0v) is 16.4. The van der Waals surface area contributed by atoms with Crippen molar-refractivity contribution in [3.63, 3.8) is 0 Å². The first kappa shape index (κ1) is 19.5. The normalized spacial score (nSPS) is 18.5. The van der Waals surface area contributed by atoms with Gasteiger partial charge in [-0.25, -0.2) is 4.79 Å². The summed E-state index contributed by atoms with van der Waals surface area (Å²) in [5, 5.41) is 2.92. The fourth-order valence-corrected chi connectivity index (χ4v) is 3.72. The average Bonchev–Trinajstić information content (AvgIpc) is 3.02. The van der Waals surface area contributed by atoms with E-state index in [0.29, 0.717) is 37.8 Å². The quantitative estimate of drug-likeness (QED) is 0.881. The highest BCUT2D eigenvalue weighted by atomic mass is 16.5. The van der Waals surface area contributed by atoms with Gasteiger partial charge in [-0.1, -0.05) is 0 Å². The number of carbonyl (C=O) groups excluding carboxylic acids is 2. The summed E-state index contributed by atoms with van der Waals surface area (Å²) in [6.45, 7) is 6.37. The van der Waals surface area contributed by atoms with Crippen LogP contribution in [0.3, 0.4) is 0 Å². The second-order valence-corrected chi connectivity index (χ2v) is 7.79. The molecule has 1 aliphatic carbocycles. The number of nitrogens with one attached hydrogen (secondary N) is 1. The molecule has 1 aliphatic heterocycles. The highest BCUT2D eigenvalue weighted by molar-refractivity contribution is 5.94. The van der Waals surface area contributed by atoms with Gasteiger partial charge in [0, 0.05) is 37.8 Å². The van der Waals surface area contributed by atoms with Crippen molar-refractivity contribution in [2.24, 2.45) is 0 Å². The Labute approximate surface area is 161 Å². The molecule has 1 heterocycles. The van der Waals surface area contributed by atoms with Crippen molar-refractivity contribution in [2.45, 2.75) is 58.1 Å². The zero-order chi connectivity index (χ0) is 19.2. The van der Waals surface area contributed by atoms with Crippen LogP contribution in [0.1, 0.15) is 56.3 Å². The van der Waals surface area contributed by atoms with Crippen LogP contribution < -0.4 is 10.1 Å². The van der Waals surface area contributed by atoms with Crippen molar-refractivity contribution in [1.29, 1.82) is 0 Å².